The highest BCUT2D eigenvalue weighted by molar-refractivity contribution is 9.10. The van der Waals surface area contributed by atoms with E-state index in [1.165, 1.54) is 37.4 Å². The first-order chi connectivity index (χ1) is 9.86. The molecule has 2 aromatic carbocycles. The van der Waals surface area contributed by atoms with Crippen molar-refractivity contribution in [2.75, 3.05) is 11.4 Å². The van der Waals surface area contributed by atoms with E-state index >= 15 is 0 Å². The van der Waals surface area contributed by atoms with Gasteiger partial charge >= 0.3 is 0 Å². The van der Waals surface area contributed by atoms with Gasteiger partial charge in [-0.15, -0.1) is 0 Å². The zero-order chi connectivity index (χ0) is 15.6. The molecular formula is C14H14BrFN2O2S. The maximum Gasteiger partial charge on any atom is 0.265 e. The average Bonchev–Trinajstić information content (AvgIpc) is 2.47. The summed E-state index contributed by atoms with van der Waals surface area (Å²) in [6, 6.07) is 10.2. The number of anilines is 1. The van der Waals surface area contributed by atoms with Crippen molar-refractivity contribution in [3.05, 3.63) is 58.3 Å². The summed E-state index contributed by atoms with van der Waals surface area (Å²) >= 11 is 3.24. The zero-order valence-electron chi connectivity index (χ0n) is 11.3. The van der Waals surface area contributed by atoms with Crippen LogP contribution in [0.4, 0.5) is 10.1 Å². The summed E-state index contributed by atoms with van der Waals surface area (Å²) in [7, 11) is -2.34. The number of nitrogens with two attached hydrogens (primary N) is 1. The number of benzene rings is 2. The van der Waals surface area contributed by atoms with Crippen molar-refractivity contribution in [1.82, 2.24) is 0 Å². The minimum Gasteiger partial charge on any atom is -0.326 e. The second kappa shape index (κ2) is 6.13. The van der Waals surface area contributed by atoms with Crippen molar-refractivity contribution in [1.29, 1.82) is 0 Å². The van der Waals surface area contributed by atoms with E-state index in [0.717, 1.165) is 4.31 Å². The Morgan fingerprint density at radius 1 is 1.19 bits per heavy atom. The maximum absolute atomic E-state index is 12.9. The van der Waals surface area contributed by atoms with E-state index in [1.807, 2.05) is 0 Å². The van der Waals surface area contributed by atoms with Crippen LogP contribution in [0.3, 0.4) is 0 Å². The number of sulfonamides is 1. The van der Waals surface area contributed by atoms with Gasteiger partial charge in [-0.1, -0.05) is 6.07 Å². The Kier molecular flexibility index (Phi) is 4.65. The van der Waals surface area contributed by atoms with Crippen LogP contribution in [0.25, 0.3) is 0 Å². The van der Waals surface area contributed by atoms with Gasteiger partial charge in [0.2, 0.25) is 0 Å². The first kappa shape index (κ1) is 15.9. The smallest absolute Gasteiger partial charge is 0.265 e. The number of halogens is 2. The normalized spacial score (nSPS) is 11.4. The van der Waals surface area contributed by atoms with Crippen LogP contribution in [0.2, 0.25) is 0 Å². The number of nitrogens with zero attached hydrogens (tertiary/aromatic N) is 1. The molecule has 0 aromatic heterocycles. The van der Waals surface area contributed by atoms with Crippen LogP contribution in [0.15, 0.2) is 51.8 Å². The molecule has 2 rings (SSSR count). The molecule has 0 unspecified atom stereocenters. The predicted octanol–water partition coefficient (Wildman–Crippen LogP) is 2.87. The second-order valence-corrected chi connectivity index (χ2v) is 7.21. The molecule has 0 fully saturated rings. The molecule has 0 radical (unpaired) electrons. The molecule has 0 amide bonds. The largest absolute Gasteiger partial charge is 0.326 e. The van der Waals surface area contributed by atoms with E-state index < -0.39 is 15.8 Å². The standard InChI is InChI=1S/C14H14BrFN2O2S/c1-18(12-5-3-11(16)4-6-12)21(19,20)14-8-10(9-17)2-7-13(14)15/h2-8H,9,17H2,1H3. The molecule has 0 aliphatic heterocycles. The van der Waals surface area contributed by atoms with Crippen LogP contribution >= 0.6 is 15.9 Å². The molecule has 0 saturated heterocycles. The molecule has 4 nitrogen and oxygen atoms in total. The van der Waals surface area contributed by atoms with Crippen LogP contribution in [-0.4, -0.2) is 15.5 Å². The highest BCUT2D eigenvalue weighted by Crippen LogP contribution is 2.28. The fraction of sp³-hybridized carbons (Fsp3) is 0.143. The minimum atomic E-state index is -3.76. The minimum absolute atomic E-state index is 0.122. The summed E-state index contributed by atoms with van der Waals surface area (Å²) in [6.07, 6.45) is 0. The molecule has 0 aliphatic carbocycles. The molecule has 21 heavy (non-hydrogen) atoms. The van der Waals surface area contributed by atoms with Crippen LogP contribution in [0.5, 0.6) is 0 Å². The van der Waals surface area contributed by atoms with Crippen molar-refractivity contribution >= 4 is 31.6 Å². The third kappa shape index (κ3) is 3.25. The van der Waals surface area contributed by atoms with E-state index in [-0.39, 0.29) is 11.4 Å². The molecule has 2 aromatic rings. The molecule has 0 heterocycles. The summed E-state index contributed by atoms with van der Waals surface area (Å²) < 4.78 is 39.8. The molecule has 2 N–H and O–H groups in total. The lowest BCUT2D eigenvalue weighted by Crippen LogP contribution is -2.27. The van der Waals surface area contributed by atoms with Gasteiger partial charge in [0.15, 0.2) is 0 Å². The van der Waals surface area contributed by atoms with Gasteiger partial charge in [-0.05, 0) is 57.9 Å². The lowest BCUT2D eigenvalue weighted by Gasteiger charge is -2.20. The van der Waals surface area contributed by atoms with Gasteiger partial charge in [0.1, 0.15) is 10.7 Å². The van der Waals surface area contributed by atoms with Crippen LogP contribution < -0.4 is 10.0 Å². The molecule has 0 saturated carbocycles. The zero-order valence-corrected chi connectivity index (χ0v) is 13.7. The van der Waals surface area contributed by atoms with Crippen LogP contribution in [-0.2, 0) is 16.6 Å². The van der Waals surface area contributed by atoms with Gasteiger partial charge in [-0.2, -0.15) is 0 Å². The Morgan fingerprint density at radius 2 is 1.81 bits per heavy atom. The molecule has 112 valence electrons. The molecule has 0 aliphatic rings. The van der Waals surface area contributed by atoms with Crippen LogP contribution in [0, 0.1) is 5.82 Å². The number of hydrogen-bond donors (Lipinski definition) is 1. The van der Waals surface area contributed by atoms with Gasteiger partial charge in [0.25, 0.3) is 10.0 Å². The summed E-state index contributed by atoms with van der Waals surface area (Å²) in [6.45, 7) is 0.246. The molecule has 7 heteroatoms. The molecule has 0 bridgehead atoms. The van der Waals surface area contributed by atoms with Crippen molar-refractivity contribution in [2.45, 2.75) is 11.4 Å². The average molecular weight is 373 g/mol. The second-order valence-electron chi connectivity index (χ2n) is 4.42. The summed E-state index contributed by atoms with van der Waals surface area (Å²) in [5.74, 6) is -0.421. The highest BCUT2D eigenvalue weighted by Gasteiger charge is 2.24. The Labute approximate surface area is 131 Å². The van der Waals surface area contributed by atoms with Gasteiger partial charge in [-0.25, -0.2) is 12.8 Å². The lowest BCUT2D eigenvalue weighted by atomic mass is 10.2. The first-order valence-electron chi connectivity index (χ1n) is 6.09. The van der Waals surface area contributed by atoms with Gasteiger partial charge < -0.3 is 5.73 Å². The number of hydrogen-bond acceptors (Lipinski definition) is 3. The monoisotopic (exact) mass is 372 g/mol. The maximum atomic E-state index is 12.9. The lowest BCUT2D eigenvalue weighted by molar-refractivity contribution is 0.593. The Hall–Kier alpha value is -1.44. The topological polar surface area (TPSA) is 63.4 Å². The quantitative estimate of drug-likeness (QED) is 0.897. The van der Waals surface area contributed by atoms with Crippen molar-refractivity contribution in [3.63, 3.8) is 0 Å². The molecule has 0 spiro atoms. The molecular weight excluding hydrogens is 359 g/mol. The van der Waals surface area contributed by atoms with Gasteiger partial charge in [-0.3, -0.25) is 4.31 Å². The predicted molar refractivity (Wildman–Crippen MR) is 84.0 cm³/mol. The van der Waals surface area contributed by atoms with E-state index in [9.17, 15) is 12.8 Å². The van der Waals surface area contributed by atoms with Gasteiger partial charge in [0.05, 0.1) is 5.69 Å². The Morgan fingerprint density at radius 3 is 2.38 bits per heavy atom. The third-order valence-electron chi connectivity index (χ3n) is 3.06. The van der Waals surface area contributed by atoms with E-state index in [4.69, 9.17) is 5.73 Å². The van der Waals surface area contributed by atoms with Crippen LogP contribution in [0.1, 0.15) is 5.56 Å². The van der Waals surface area contributed by atoms with E-state index in [2.05, 4.69) is 15.9 Å². The van der Waals surface area contributed by atoms with E-state index in [1.54, 1.807) is 12.1 Å². The first-order valence-corrected chi connectivity index (χ1v) is 8.32. The fourth-order valence-corrected chi connectivity index (χ4v) is 3.98. The summed E-state index contributed by atoms with van der Waals surface area (Å²) in [5.41, 5.74) is 6.64. The van der Waals surface area contributed by atoms with Crippen molar-refractivity contribution in [2.24, 2.45) is 5.73 Å². The third-order valence-corrected chi connectivity index (χ3v) is 5.84. The van der Waals surface area contributed by atoms with Crippen molar-refractivity contribution < 1.29 is 12.8 Å². The van der Waals surface area contributed by atoms with Gasteiger partial charge in [0, 0.05) is 18.1 Å². The highest BCUT2D eigenvalue weighted by atomic mass is 79.9. The summed E-state index contributed by atoms with van der Waals surface area (Å²) in [5, 5.41) is 0. The van der Waals surface area contributed by atoms with E-state index in [0.29, 0.717) is 15.7 Å². The Bertz CT molecular complexity index is 748. The number of rotatable bonds is 4. The van der Waals surface area contributed by atoms with Crippen molar-refractivity contribution in [3.8, 4) is 0 Å². The Balaban J connectivity index is 2.48. The fourth-order valence-electron chi connectivity index (χ4n) is 1.81. The summed E-state index contributed by atoms with van der Waals surface area (Å²) in [4.78, 5) is 0.122. The molecule has 0 atom stereocenters. The SMILES string of the molecule is CN(c1ccc(F)cc1)S(=O)(=O)c1cc(CN)ccc1Br.